The number of hydrogen-bond donors (Lipinski definition) is 1. The molecule has 1 N–H and O–H groups in total. The Kier molecular flexibility index (Phi) is 4.76. The number of thioether (sulfide) groups is 1. The minimum Gasteiger partial charge on any atom is -0.375 e. The molecule has 3 heteroatoms. The van der Waals surface area contributed by atoms with E-state index in [-0.39, 0.29) is 5.60 Å². The lowest BCUT2D eigenvalue weighted by atomic mass is 9.88. The SMILES string of the molecule is CCSC1CCCC1NC1CCOC2(CCCC2)C1. The first-order valence-electron chi connectivity index (χ1n) is 8.33. The lowest BCUT2D eigenvalue weighted by Gasteiger charge is -2.40. The van der Waals surface area contributed by atoms with Crippen molar-refractivity contribution in [2.45, 2.75) is 87.6 Å². The van der Waals surface area contributed by atoms with Gasteiger partial charge < -0.3 is 10.1 Å². The highest BCUT2D eigenvalue weighted by Crippen LogP contribution is 2.40. The molecule has 2 nitrogen and oxygen atoms in total. The van der Waals surface area contributed by atoms with Crippen molar-refractivity contribution in [1.29, 1.82) is 0 Å². The van der Waals surface area contributed by atoms with E-state index in [1.54, 1.807) is 0 Å². The third-order valence-electron chi connectivity index (χ3n) is 5.29. The summed E-state index contributed by atoms with van der Waals surface area (Å²) in [5, 5.41) is 4.87. The molecule has 19 heavy (non-hydrogen) atoms. The summed E-state index contributed by atoms with van der Waals surface area (Å²) in [4.78, 5) is 0. The zero-order chi connectivity index (χ0) is 13.1. The molecule has 1 spiro atoms. The number of nitrogens with one attached hydrogen (secondary N) is 1. The summed E-state index contributed by atoms with van der Waals surface area (Å²) in [7, 11) is 0. The molecule has 0 aromatic rings. The van der Waals surface area contributed by atoms with Gasteiger partial charge in [-0.15, -0.1) is 0 Å². The fraction of sp³-hybridized carbons (Fsp3) is 1.00. The first kappa shape index (κ1) is 14.2. The van der Waals surface area contributed by atoms with Crippen LogP contribution in [0.2, 0.25) is 0 Å². The highest BCUT2D eigenvalue weighted by atomic mass is 32.2. The summed E-state index contributed by atoms with van der Waals surface area (Å²) < 4.78 is 6.15. The third-order valence-corrected chi connectivity index (χ3v) is 6.62. The molecule has 1 heterocycles. The van der Waals surface area contributed by atoms with Crippen molar-refractivity contribution in [1.82, 2.24) is 5.32 Å². The van der Waals surface area contributed by atoms with Crippen molar-refractivity contribution in [2.75, 3.05) is 12.4 Å². The summed E-state index contributed by atoms with van der Waals surface area (Å²) in [6.07, 6.45) is 12.1. The van der Waals surface area contributed by atoms with Gasteiger partial charge in [0.25, 0.3) is 0 Å². The van der Waals surface area contributed by atoms with Crippen molar-refractivity contribution in [3.63, 3.8) is 0 Å². The van der Waals surface area contributed by atoms with Gasteiger partial charge in [0.2, 0.25) is 0 Å². The van der Waals surface area contributed by atoms with Gasteiger partial charge in [0.1, 0.15) is 0 Å². The molecule has 0 aromatic heterocycles. The first-order valence-corrected chi connectivity index (χ1v) is 9.38. The molecular formula is C16H29NOS. The number of ether oxygens (including phenoxy) is 1. The lowest BCUT2D eigenvalue weighted by molar-refractivity contribution is -0.0846. The third kappa shape index (κ3) is 3.30. The second kappa shape index (κ2) is 6.36. The van der Waals surface area contributed by atoms with Crippen LogP contribution in [-0.4, -0.2) is 35.3 Å². The highest BCUT2D eigenvalue weighted by molar-refractivity contribution is 7.99. The second-order valence-electron chi connectivity index (χ2n) is 6.63. The molecule has 3 unspecified atom stereocenters. The van der Waals surface area contributed by atoms with E-state index in [1.807, 2.05) is 0 Å². The fourth-order valence-corrected chi connectivity index (χ4v) is 5.58. The predicted molar refractivity (Wildman–Crippen MR) is 82.9 cm³/mol. The van der Waals surface area contributed by atoms with E-state index in [2.05, 4.69) is 24.0 Å². The summed E-state index contributed by atoms with van der Waals surface area (Å²) >= 11 is 2.17. The summed E-state index contributed by atoms with van der Waals surface area (Å²) in [5.74, 6) is 1.26. The van der Waals surface area contributed by atoms with Crippen LogP contribution < -0.4 is 5.32 Å². The molecule has 3 aliphatic rings. The average Bonchev–Trinajstić information content (AvgIpc) is 3.01. The molecule has 2 saturated carbocycles. The van der Waals surface area contributed by atoms with E-state index >= 15 is 0 Å². The van der Waals surface area contributed by atoms with Gasteiger partial charge in [-0.25, -0.2) is 0 Å². The summed E-state index contributed by atoms with van der Waals surface area (Å²) in [6.45, 7) is 3.28. The molecule has 3 fully saturated rings. The normalized spacial score (nSPS) is 38.1. The van der Waals surface area contributed by atoms with Crippen LogP contribution in [0.4, 0.5) is 0 Å². The smallest absolute Gasteiger partial charge is 0.0697 e. The Labute approximate surface area is 122 Å². The Hall–Kier alpha value is 0.270. The molecule has 0 amide bonds. The Balaban J connectivity index is 1.54. The Morgan fingerprint density at radius 2 is 2.00 bits per heavy atom. The van der Waals surface area contributed by atoms with E-state index in [9.17, 15) is 0 Å². The Morgan fingerprint density at radius 1 is 1.16 bits per heavy atom. The minimum absolute atomic E-state index is 0.266. The molecule has 3 rings (SSSR count). The molecule has 0 radical (unpaired) electrons. The Morgan fingerprint density at radius 3 is 2.79 bits per heavy atom. The van der Waals surface area contributed by atoms with Crippen LogP contribution in [0.5, 0.6) is 0 Å². The largest absolute Gasteiger partial charge is 0.375 e. The molecule has 2 aliphatic carbocycles. The standard InChI is InChI=1S/C16H29NOS/c1-2-19-15-7-5-6-14(15)17-13-8-11-18-16(12-13)9-3-4-10-16/h13-15,17H,2-12H2,1H3. The average molecular weight is 283 g/mol. The van der Waals surface area contributed by atoms with Crippen LogP contribution in [0.1, 0.15) is 64.7 Å². The maximum atomic E-state index is 6.15. The van der Waals surface area contributed by atoms with Crippen LogP contribution in [0.25, 0.3) is 0 Å². The van der Waals surface area contributed by atoms with Crippen LogP contribution in [0.15, 0.2) is 0 Å². The highest BCUT2D eigenvalue weighted by Gasteiger charge is 2.41. The van der Waals surface area contributed by atoms with Crippen molar-refractivity contribution in [2.24, 2.45) is 0 Å². The van der Waals surface area contributed by atoms with Gasteiger partial charge in [0, 0.05) is 23.9 Å². The van der Waals surface area contributed by atoms with E-state index in [0.717, 1.165) is 23.9 Å². The van der Waals surface area contributed by atoms with Crippen LogP contribution >= 0.6 is 11.8 Å². The minimum atomic E-state index is 0.266. The van der Waals surface area contributed by atoms with Crippen LogP contribution in [0, 0.1) is 0 Å². The van der Waals surface area contributed by atoms with Gasteiger partial charge >= 0.3 is 0 Å². The van der Waals surface area contributed by atoms with Crippen molar-refractivity contribution in [3.05, 3.63) is 0 Å². The van der Waals surface area contributed by atoms with Gasteiger partial charge in [0.05, 0.1) is 5.60 Å². The van der Waals surface area contributed by atoms with Gasteiger partial charge in [-0.2, -0.15) is 11.8 Å². The number of hydrogen-bond acceptors (Lipinski definition) is 3. The fourth-order valence-electron chi connectivity index (χ4n) is 4.37. The maximum absolute atomic E-state index is 6.15. The van der Waals surface area contributed by atoms with E-state index in [1.165, 1.54) is 63.5 Å². The molecule has 1 saturated heterocycles. The second-order valence-corrected chi connectivity index (χ2v) is 8.14. The Bertz CT molecular complexity index is 290. The van der Waals surface area contributed by atoms with Gasteiger partial charge in [-0.1, -0.05) is 26.2 Å². The molecular weight excluding hydrogens is 254 g/mol. The van der Waals surface area contributed by atoms with Gasteiger partial charge in [-0.3, -0.25) is 0 Å². The van der Waals surface area contributed by atoms with Gasteiger partial charge in [0.15, 0.2) is 0 Å². The quantitative estimate of drug-likeness (QED) is 0.849. The van der Waals surface area contributed by atoms with Crippen LogP contribution in [0.3, 0.4) is 0 Å². The molecule has 1 aliphatic heterocycles. The van der Waals surface area contributed by atoms with Crippen molar-refractivity contribution >= 4 is 11.8 Å². The van der Waals surface area contributed by atoms with Crippen molar-refractivity contribution < 1.29 is 4.74 Å². The monoisotopic (exact) mass is 283 g/mol. The van der Waals surface area contributed by atoms with Gasteiger partial charge in [-0.05, 0) is 44.3 Å². The molecule has 3 atom stereocenters. The maximum Gasteiger partial charge on any atom is 0.0697 e. The predicted octanol–water partition coefficient (Wildman–Crippen LogP) is 3.74. The molecule has 0 aromatic carbocycles. The van der Waals surface area contributed by atoms with E-state index in [0.29, 0.717) is 0 Å². The first-order chi connectivity index (χ1) is 9.31. The van der Waals surface area contributed by atoms with E-state index in [4.69, 9.17) is 4.74 Å². The van der Waals surface area contributed by atoms with Crippen molar-refractivity contribution in [3.8, 4) is 0 Å². The molecule has 110 valence electrons. The van der Waals surface area contributed by atoms with Crippen LogP contribution in [-0.2, 0) is 4.74 Å². The summed E-state index contributed by atoms with van der Waals surface area (Å²) in [6, 6.07) is 1.49. The zero-order valence-corrected chi connectivity index (χ0v) is 13.1. The zero-order valence-electron chi connectivity index (χ0n) is 12.3. The summed E-state index contributed by atoms with van der Waals surface area (Å²) in [5.41, 5.74) is 0.266. The molecule has 0 bridgehead atoms. The topological polar surface area (TPSA) is 21.3 Å². The lowest BCUT2D eigenvalue weighted by Crippen LogP contribution is -2.50. The van der Waals surface area contributed by atoms with E-state index < -0.39 is 0 Å². The number of rotatable bonds is 4.